The molecule has 0 spiro atoms. The Morgan fingerprint density at radius 2 is 1.52 bits per heavy atom. The van der Waals surface area contributed by atoms with Gasteiger partial charge in [-0.15, -0.1) is 0 Å². The zero-order chi connectivity index (χ0) is 21.4. The number of amides is 3. The predicted octanol–water partition coefficient (Wildman–Crippen LogP) is 1.51. The van der Waals surface area contributed by atoms with Crippen molar-refractivity contribution < 1.29 is 18.0 Å². The van der Waals surface area contributed by atoms with Crippen LogP contribution in [-0.4, -0.2) is 32.9 Å². The molecule has 2 aromatic rings. The van der Waals surface area contributed by atoms with Gasteiger partial charge in [-0.2, -0.15) is 0 Å². The number of hydrogen-bond acceptors (Lipinski definition) is 4. The summed E-state index contributed by atoms with van der Waals surface area (Å²) in [5, 5.41) is 13.4. The van der Waals surface area contributed by atoms with E-state index in [1.165, 1.54) is 12.1 Å². The van der Waals surface area contributed by atoms with Crippen LogP contribution in [0.5, 0.6) is 0 Å². The van der Waals surface area contributed by atoms with Crippen molar-refractivity contribution in [2.24, 2.45) is 5.14 Å². The second-order valence-corrected chi connectivity index (χ2v) is 8.43. The number of urea groups is 1. The molecular formula is C20H26N4O4S. The van der Waals surface area contributed by atoms with Gasteiger partial charge < -0.3 is 16.0 Å². The van der Waals surface area contributed by atoms with Crippen molar-refractivity contribution in [2.45, 2.75) is 37.8 Å². The molecule has 3 amide bonds. The van der Waals surface area contributed by atoms with E-state index >= 15 is 0 Å². The quantitative estimate of drug-likeness (QED) is 0.518. The lowest BCUT2D eigenvalue weighted by Gasteiger charge is -2.10. The van der Waals surface area contributed by atoms with Crippen LogP contribution in [0.15, 0.2) is 53.4 Å². The van der Waals surface area contributed by atoms with E-state index in [1.807, 2.05) is 13.8 Å². The summed E-state index contributed by atoms with van der Waals surface area (Å²) in [5.41, 5.74) is 2.29. The topological polar surface area (TPSA) is 130 Å². The molecule has 2 rings (SSSR count). The van der Waals surface area contributed by atoms with Crippen LogP contribution in [0.4, 0.5) is 4.79 Å². The third-order valence-electron chi connectivity index (χ3n) is 4.04. The fourth-order valence-electron chi connectivity index (χ4n) is 2.54. The summed E-state index contributed by atoms with van der Waals surface area (Å²) >= 11 is 0. The number of carbonyl (C=O) groups excluding carboxylic acids is 2. The summed E-state index contributed by atoms with van der Waals surface area (Å²) in [6.07, 6.45) is 0.559. The Morgan fingerprint density at radius 3 is 2.07 bits per heavy atom. The van der Waals surface area contributed by atoms with Gasteiger partial charge in [-0.3, -0.25) is 4.79 Å². The van der Waals surface area contributed by atoms with Crippen LogP contribution in [0.1, 0.15) is 35.3 Å². The van der Waals surface area contributed by atoms with Crippen LogP contribution in [0.3, 0.4) is 0 Å². The largest absolute Gasteiger partial charge is 0.352 e. The molecule has 0 aromatic heterocycles. The molecule has 0 radical (unpaired) electrons. The lowest BCUT2D eigenvalue weighted by molar-refractivity contribution is 0.0954. The number of hydrogen-bond donors (Lipinski definition) is 4. The summed E-state index contributed by atoms with van der Waals surface area (Å²) in [6, 6.07) is 13.0. The number of benzene rings is 2. The Hall–Kier alpha value is -2.91. The normalized spacial score (nSPS) is 11.2. The first-order valence-corrected chi connectivity index (χ1v) is 10.7. The number of nitrogens with two attached hydrogens (primary N) is 1. The van der Waals surface area contributed by atoms with E-state index in [-0.39, 0.29) is 22.9 Å². The molecule has 0 atom stereocenters. The van der Waals surface area contributed by atoms with E-state index in [9.17, 15) is 18.0 Å². The van der Waals surface area contributed by atoms with Gasteiger partial charge in [0, 0.05) is 24.7 Å². The SMILES string of the molecule is CC(C)NC(=O)NCc1ccc(C(=O)NCCc2ccc(S(N)(=O)=O)cc2)cc1. The molecule has 0 bridgehead atoms. The number of nitrogens with one attached hydrogen (secondary N) is 3. The van der Waals surface area contributed by atoms with E-state index in [1.54, 1.807) is 36.4 Å². The van der Waals surface area contributed by atoms with Crippen LogP contribution in [0.2, 0.25) is 0 Å². The molecule has 0 aliphatic carbocycles. The van der Waals surface area contributed by atoms with E-state index in [0.29, 0.717) is 25.1 Å². The average Bonchev–Trinajstić information content (AvgIpc) is 2.66. The first-order valence-electron chi connectivity index (χ1n) is 9.18. The van der Waals surface area contributed by atoms with Gasteiger partial charge >= 0.3 is 6.03 Å². The molecule has 0 saturated heterocycles. The van der Waals surface area contributed by atoms with Gasteiger partial charge in [0.15, 0.2) is 0 Å². The Morgan fingerprint density at radius 1 is 0.931 bits per heavy atom. The van der Waals surface area contributed by atoms with Gasteiger partial charge in [0.25, 0.3) is 5.91 Å². The predicted molar refractivity (Wildman–Crippen MR) is 111 cm³/mol. The molecule has 0 saturated carbocycles. The van der Waals surface area contributed by atoms with Crippen LogP contribution in [0, 0.1) is 0 Å². The molecule has 9 heteroatoms. The highest BCUT2D eigenvalue weighted by molar-refractivity contribution is 7.89. The molecule has 29 heavy (non-hydrogen) atoms. The second-order valence-electron chi connectivity index (χ2n) is 6.87. The Kier molecular flexibility index (Phi) is 7.74. The van der Waals surface area contributed by atoms with Crippen molar-refractivity contribution >= 4 is 22.0 Å². The van der Waals surface area contributed by atoms with Gasteiger partial charge in [0.05, 0.1) is 4.90 Å². The second kappa shape index (κ2) is 10.0. The lowest BCUT2D eigenvalue weighted by Crippen LogP contribution is -2.39. The van der Waals surface area contributed by atoms with Crippen molar-refractivity contribution in [3.8, 4) is 0 Å². The van der Waals surface area contributed by atoms with E-state index in [2.05, 4.69) is 16.0 Å². The summed E-state index contributed by atoms with van der Waals surface area (Å²) in [7, 11) is -3.70. The third kappa shape index (κ3) is 7.55. The van der Waals surface area contributed by atoms with Crippen molar-refractivity contribution in [3.05, 3.63) is 65.2 Å². The van der Waals surface area contributed by atoms with Gasteiger partial charge in [-0.1, -0.05) is 24.3 Å². The summed E-state index contributed by atoms with van der Waals surface area (Å²) in [5.74, 6) is -0.205. The molecular weight excluding hydrogens is 392 g/mol. The molecule has 0 heterocycles. The van der Waals surface area contributed by atoms with Crippen LogP contribution < -0.4 is 21.1 Å². The smallest absolute Gasteiger partial charge is 0.315 e. The highest BCUT2D eigenvalue weighted by Crippen LogP contribution is 2.09. The average molecular weight is 419 g/mol. The zero-order valence-electron chi connectivity index (χ0n) is 16.4. The zero-order valence-corrected chi connectivity index (χ0v) is 17.3. The van der Waals surface area contributed by atoms with E-state index < -0.39 is 10.0 Å². The maximum atomic E-state index is 12.2. The van der Waals surface area contributed by atoms with Gasteiger partial charge in [0.2, 0.25) is 10.0 Å². The maximum absolute atomic E-state index is 12.2. The molecule has 0 unspecified atom stereocenters. The van der Waals surface area contributed by atoms with Crippen molar-refractivity contribution in [1.29, 1.82) is 0 Å². The molecule has 0 aliphatic heterocycles. The number of primary sulfonamides is 1. The Bertz CT molecular complexity index is 939. The minimum atomic E-state index is -3.70. The number of rotatable bonds is 8. The Labute approximate surface area is 170 Å². The van der Waals surface area contributed by atoms with E-state index in [0.717, 1.165) is 11.1 Å². The highest BCUT2D eigenvalue weighted by atomic mass is 32.2. The monoisotopic (exact) mass is 418 g/mol. The lowest BCUT2D eigenvalue weighted by atomic mass is 10.1. The standard InChI is InChI=1S/C20H26N4O4S/c1-14(2)24-20(26)23-13-16-3-7-17(8-4-16)19(25)22-12-11-15-5-9-18(10-6-15)29(21,27)28/h3-10,14H,11-13H2,1-2H3,(H,22,25)(H2,21,27,28)(H2,23,24,26). The minimum absolute atomic E-state index is 0.0570. The van der Waals surface area contributed by atoms with Gasteiger partial charge in [-0.05, 0) is 55.7 Å². The van der Waals surface area contributed by atoms with Crippen LogP contribution in [-0.2, 0) is 23.0 Å². The molecule has 0 aliphatic rings. The van der Waals surface area contributed by atoms with Gasteiger partial charge in [0.1, 0.15) is 0 Å². The van der Waals surface area contributed by atoms with Crippen LogP contribution in [0.25, 0.3) is 0 Å². The fraction of sp³-hybridized carbons (Fsp3) is 0.300. The molecule has 5 N–H and O–H groups in total. The van der Waals surface area contributed by atoms with Crippen molar-refractivity contribution in [2.75, 3.05) is 6.54 Å². The fourth-order valence-corrected chi connectivity index (χ4v) is 3.05. The molecule has 0 fully saturated rings. The highest BCUT2D eigenvalue weighted by Gasteiger charge is 2.08. The number of carbonyl (C=O) groups is 2. The first-order chi connectivity index (χ1) is 13.6. The molecule has 156 valence electrons. The number of sulfonamides is 1. The molecule has 2 aromatic carbocycles. The van der Waals surface area contributed by atoms with Gasteiger partial charge in [-0.25, -0.2) is 18.4 Å². The third-order valence-corrected chi connectivity index (χ3v) is 4.97. The first kappa shape index (κ1) is 22.4. The van der Waals surface area contributed by atoms with Crippen molar-refractivity contribution in [1.82, 2.24) is 16.0 Å². The van der Waals surface area contributed by atoms with Crippen LogP contribution >= 0.6 is 0 Å². The summed E-state index contributed by atoms with van der Waals surface area (Å²) in [6.45, 7) is 4.54. The van der Waals surface area contributed by atoms with Crippen molar-refractivity contribution in [3.63, 3.8) is 0 Å². The summed E-state index contributed by atoms with van der Waals surface area (Å²) in [4.78, 5) is 23.9. The minimum Gasteiger partial charge on any atom is -0.352 e. The molecule has 8 nitrogen and oxygen atoms in total. The van der Waals surface area contributed by atoms with E-state index in [4.69, 9.17) is 5.14 Å². The Balaban J connectivity index is 1.79. The summed E-state index contributed by atoms with van der Waals surface area (Å²) < 4.78 is 22.5. The maximum Gasteiger partial charge on any atom is 0.315 e.